The molecule has 0 spiro atoms. The summed E-state index contributed by atoms with van der Waals surface area (Å²) in [6.07, 6.45) is 1.31. The lowest BCUT2D eigenvalue weighted by molar-refractivity contribution is -0.118. The van der Waals surface area contributed by atoms with Crippen LogP contribution < -0.4 is 15.4 Å². The Morgan fingerprint density at radius 1 is 1.21 bits per heavy atom. The van der Waals surface area contributed by atoms with Crippen LogP contribution in [0.3, 0.4) is 0 Å². The third-order valence-electron chi connectivity index (χ3n) is 3.72. The van der Waals surface area contributed by atoms with Crippen molar-refractivity contribution in [1.82, 2.24) is 0 Å². The molecule has 5 nitrogen and oxygen atoms in total. The summed E-state index contributed by atoms with van der Waals surface area (Å²) < 4.78 is 18.9. The molecule has 0 aromatic heterocycles. The van der Waals surface area contributed by atoms with Crippen molar-refractivity contribution < 1.29 is 18.7 Å². The maximum absolute atomic E-state index is 13.5. The van der Waals surface area contributed by atoms with Crippen LogP contribution in [0.25, 0.3) is 0 Å². The quantitative estimate of drug-likeness (QED) is 0.886. The monoisotopic (exact) mass is 328 g/mol. The predicted octanol–water partition coefficient (Wildman–Crippen LogP) is 3.12. The molecule has 0 atom stereocenters. The summed E-state index contributed by atoms with van der Waals surface area (Å²) in [5.41, 5.74) is 1.66. The zero-order chi connectivity index (χ0) is 16.9. The number of anilines is 2. The fourth-order valence-corrected chi connectivity index (χ4v) is 2.57. The maximum Gasteiger partial charge on any atom is 0.262 e. The molecule has 2 N–H and O–H groups in total. The Morgan fingerprint density at radius 3 is 2.88 bits per heavy atom. The number of amides is 2. The molecule has 124 valence electrons. The average Bonchev–Trinajstić information content (AvgIpc) is 2.56. The van der Waals surface area contributed by atoms with Gasteiger partial charge >= 0.3 is 0 Å². The molecule has 6 heteroatoms. The summed E-state index contributed by atoms with van der Waals surface area (Å²) in [5, 5.41) is 5.46. The van der Waals surface area contributed by atoms with Crippen molar-refractivity contribution in [2.45, 2.75) is 19.3 Å². The van der Waals surface area contributed by atoms with Gasteiger partial charge in [0, 0.05) is 6.42 Å². The number of rotatable bonds is 5. The Morgan fingerprint density at radius 2 is 2.04 bits per heavy atom. The molecule has 0 saturated carbocycles. The highest BCUT2D eigenvalue weighted by Crippen LogP contribution is 2.35. The van der Waals surface area contributed by atoms with E-state index in [2.05, 4.69) is 10.6 Å². The Hall–Kier alpha value is -2.89. The highest BCUT2D eigenvalue weighted by atomic mass is 19.1. The minimum atomic E-state index is -0.251. The van der Waals surface area contributed by atoms with E-state index in [1.807, 2.05) is 0 Å². The molecule has 1 aliphatic rings. The zero-order valence-corrected chi connectivity index (χ0v) is 13.0. The van der Waals surface area contributed by atoms with Crippen molar-refractivity contribution in [3.8, 4) is 5.75 Å². The van der Waals surface area contributed by atoms with E-state index in [4.69, 9.17) is 4.74 Å². The third kappa shape index (κ3) is 3.71. The summed E-state index contributed by atoms with van der Waals surface area (Å²) in [4.78, 5) is 23.4. The lowest BCUT2D eigenvalue weighted by Crippen LogP contribution is -2.26. The summed E-state index contributed by atoms with van der Waals surface area (Å²) >= 11 is 0. The fourth-order valence-electron chi connectivity index (χ4n) is 2.57. The number of halogens is 1. The van der Waals surface area contributed by atoms with E-state index in [1.54, 1.807) is 36.4 Å². The highest BCUT2D eigenvalue weighted by molar-refractivity contribution is 5.99. The number of nitrogens with one attached hydrogen (secondary N) is 2. The van der Waals surface area contributed by atoms with E-state index in [0.717, 1.165) is 0 Å². The van der Waals surface area contributed by atoms with E-state index >= 15 is 0 Å². The summed E-state index contributed by atoms with van der Waals surface area (Å²) in [6.45, 7) is -0.0762. The second-order valence-electron chi connectivity index (χ2n) is 5.51. The van der Waals surface area contributed by atoms with Gasteiger partial charge in [-0.15, -0.1) is 0 Å². The molecule has 0 aliphatic carbocycles. The van der Waals surface area contributed by atoms with Gasteiger partial charge in [0.05, 0.1) is 11.4 Å². The minimum Gasteiger partial charge on any atom is -0.479 e. The summed E-state index contributed by atoms with van der Waals surface area (Å²) in [6, 6.07) is 11.7. The van der Waals surface area contributed by atoms with Crippen LogP contribution >= 0.6 is 0 Å². The van der Waals surface area contributed by atoms with Crippen LogP contribution in [-0.2, 0) is 16.0 Å². The molecule has 24 heavy (non-hydrogen) atoms. The number of ether oxygens (including phenoxy) is 1. The maximum atomic E-state index is 13.5. The van der Waals surface area contributed by atoms with Crippen molar-refractivity contribution in [2.24, 2.45) is 0 Å². The molecule has 3 rings (SSSR count). The van der Waals surface area contributed by atoms with Crippen LogP contribution in [0.15, 0.2) is 42.5 Å². The van der Waals surface area contributed by atoms with Crippen molar-refractivity contribution in [3.05, 3.63) is 53.8 Å². The molecule has 0 saturated heterocycles. The smallest absolute Gasteiger partial charge is 0.262 e. The molecule has 2 aromatic carbocycles. The van der Waals surface area contributed by atoms with Crippen LogP contribution in [0, 0.1) is 5.82 Å². The van der Waals surface area contributed by atoms with E-state index in [9.17, 15) is 14.0 Å². The normalized spacial score (nSPS) is 12.8. The second-order valence-corrected chi connectivity index (χ2v) is 5.51. The first-order chi connectivity index (χ1) is 11.6. The Bertz CT molecular complexity index is 777. The lowest BCUT2D eigenvalue weighted by atomic mass is 10.1. The number of hydrogen-bond donors (Lipinski definition) is 2. The minimum absolute atomic E-state index is 0.0762. The van der Waals surface area contributed by atoms with Gasteiger partial charge in [0.2, 0.25) is 5.91 Å². The molecule has 0 bridgehead atoms. The van der Waals surface area contributed by atoms with E-state index in [0.29, 0.717) is 35.5 Å². The van der Waals surface area contributed by atoms with Crippen LogP contribution in [-0.4, -0.2) is 18.4 Å². The van der Waals surface area contributed by atoms with Gasteiger partial charge in [-0.2, -0.15) is 0 Å². The standard InChI is InChI=1S/C18H17FN2O3/c19-13-7-2-1-5-12(13)6-3-10-16(22)20-14-8-4-9-15-18(14)24-11-17(23)21-15/h1-2,4-5,7-9H,3,6,10-11H2,(H,20,22)(H,21,23). The fraction of sp³-hybridized carbons (Fsp3) is 0.222. The summed E-state index contributed by atoms with van der Waals surface area (Å²) in [5.74, 6) is -0.199. The number of carbonyl (C=O) groups is 2. The van der Waals surface area contributed by atoms with Gasteiger partial charge < -0.3 is 15.4 Å². The second kappa shape index (κ2) is 7.12. The van der Waals surface area contributed by atoms with Gasteiger partial charge in [-0.25, -0.2) is 4.39 Å². The number of benzene rings is 2. The molecule has 0 fully saturated rings. The third-order valence-corrected chi connectivity index (χ3v) is 3.72. The van der Waals surface area contributed by atoms with Gasteiger partial charge in [0.25, 0.3) is 5.91 Å². The molecule has 2 aromatic rings. The predicted molar refractivity (Wildman–Crippen MR) is 88.5 cm³/mol. The highest BCUT2D eigenvalue weighted by Gasteiger charge is 2.19. The number of fused-ring (bicyclic) bond motifs is 1. The van der Waals surface area contributed by atoms with Crippen molar-refractivity contribution in [3.63, 3.8) is 0 Å². The van der Waals surface area contributed by atoms with Crippen molar-refractivity contribution >= 4 is 23.2 Å². The van der Waals surface area contributed by atoms with Crippen LogP contribution in [0.5, 0.6) is 5.75 Å². The number of carbonyl (C=O) groups excluding carboxylic acids is 2. The Balaban J connectivity index is 1.57. The Labute approximate surface area is 138 Å². The molecule has 0 unspecified atom stereocenters. The van der Waals surface area contributed by atoms with Crippen LogP contribution in [0.4, 0.5) is 15.8 Å². The zero-order valence-electron chi connectivity index (χ0n) is 13.0. The molecule has 1 heterocycles. The number of hydrogen-bond acceptors (Lipinski definition) is 3. The Kier molecular flexibility index (Phi) is 4.74. The molecule has 2 amide bonds. The molecule has 0 radical (unpaired) electrons. The molecular formula is C18H17FN2O3. The van der Waals surface area contributed by atoms with E-state index < -0.39 is 0 Å². The first-order valence-electron chi connectivity index (χ1n) is 7.72. The number of para-hydroxylation sites is 1. The van der Waals surface area contributed by atoms with Crippen molar-refractivity contribution in [1.29, 1.82) is 0 Å². The van der Waals surface area contributed by atoms with E-state index in [1.165, 1.54) is 6.07 Å². The van der Waals surface area contributed by atoms with Gasteiger partial charge in [-0.3, -0.25) is 9.59 Å². The first-order valence-corrected chi connectivity index (χ1v) is 7.72. The van der Waals surface area contributed by atoms with Gasteiger partial charge in [0.1, 0.15) is 5.82 Å². The first kappa shape index (κ1) is 16.0. The topological polar surface area (TPSA) is 67.4 Å². The molecular weight excluding hydrogens is 311 g/mol. The largest absolute Gasteiger partial charge is 0.479 e. The van der Waals surface area contributed by atoms with Crippen LogP contribution in [0.2, 0.25) is 0 Å². The van der Waals surface area contributed by atoms with Gasteiger partial charge in [0.15, 0.2) is 12.4 Å². The van der Waals surface area contributed by atoms with Gasteiger partial charge in [-0.05, 0) is 36.6 Å². The average molecular weight is 328 g/mol. The SMILES string of the molecule is O=C(CCCc1ccccc1F)Nc1cccc2c1OCC(=O)N2. The van der Waals surface area contributed by atoms with Crippen LogP contribution in [0.1, 0.15) is 18.4 Å². The summed E-state index contributed by atoms with van der Waals surface area (Å²) in [7, 11) is 0. The van der Waals surface area contributed by atoms with E-state index in [-0.39, 0.29) is 30.7 Å². The van der Waals surface area contributed by atoms with Crippen molar-refractivity contribution in [2.75, 3.05) is 17.2 Å². The number of aryl methyl sites for hydroxylation is 1. The molecule has 1 aliphatic heterocycles. The van der Waals surface area contributed by atoms with Gasteiger partial charge in [-0.1, -0.05) is 24.3 Å². The lowest BCUT2D eigenvalue weighted by Gasteiger charge is -2.20.